The molecule has 1 saturated heterocycles. The molecule has 4 aromatic rings. The van der Waals surface area contributed by atoms with Crippen LogP contribution in [0, 0.1) is 0 Å². The molecule has 0 unspecified atom stereocenters. The fourth-order valence-electron chi connectivity index (χ4n) is 3.36. The van der Waals surface area contributed by atoms with Crippen molar-refractivity contribution in [2.75, 3.05) is 17.3 Å². The topological polar surface area (TPSA) is 83.6 Å². The van der Waals surface area contributed by atoms with Crippen LogP contribution in [0.3, 0.4) is 0 Å². The number of aromatic nitrogens is 1. The SMILES string of the molecule is O=C(COc1ccc(Cl)cc1/C=C1\SC(=S)N(Nc2nc3ccccc3s2)C1=O)Nc1ccc(Cl)cc1. The lowest BCUT2D eigenvalue weighted by atomic mass is 10.2. The van der Waals surface area contributed by atoms with Crippen LogP contribution in [-0.4, -0.2) is 32.7 Å². The number of hydrazine groups is 1. The standard InChI is InChI=1S/C25H16Cl2N4O3S3/c26-15-5-8-17(9-6-15)28-22(32)13-34-19-10-7-16(27)11-14(19)12-21-23(33)31(25(35)37-21)30-24-29-18-3-1-2-4-20(18)36-24/h1-12H,13H2,(H,28,32)(H,29,30)/b21-12-. The maximum Gasteiger partial charge on any atom is 0.285 e. The number of hydrogen-bond acceptors (Lipinski definition) is 8. The van der Waals surface area contributed by atoms with Crippen molar-refractivity contribution in [1.29, 1.82) is 0 Å². The first-order chi connectivity index (χ1) is 17.9. The Bertz CT molecular complexity index is 1520. The number of thiocarbonyl (C=S) groups is 1. The zero-order valence-electron chi connectivity index (χ0n) is 18.7. The maximum atomic E-state index is 13.1. The maximum absolute atomic E-state index is 13.1. The third-order valence-corrected chi connectivity index (χ3v) is 7.77. The van der Waals surface area contributed by atoms with Crippen molar-refractivity contribution in [3.63, 3.8) is 0 Å². The molecule has 2 heterocycles. The number of nitrogens with one attached hydrogen (secondary N) is 2. The summed E-state index contributed by atoms with van der Waals surface area (Å²) in [5, 5.41) is 5.60. The first-order valence-electron chi connectivity index (χ1n) is 10.7. The minimum Gasteiger partial charge on any atom is -0.483 e. The highest BCUT2D eigenvalue weighted by atomic mass is 35.5. The van der Waals surface area contributed by atoms with Crippen LogP contribution in [-0.2, 0) is 9.59 Å². The van der Waals surface area contributed by atoms with Crippen LogP contribution < -0.4 is 15.5 Å². The van der Waals surface area contributed by atoms with E-state index in [9.17, 15) is 9.59 Å². The second kappa shape index (κ2) is 11.1. The number of carbonyl (C=O) groups is 2. The van der Waals surface area contributed by atoms with E-state index in [2.05, 4.69) is 15.7 Å². The summed E-state index contributed by atoms with van der Waals surface area (Å²) < 4.78 is 7.07. The van der Waals surface area contributed by atoms with Crippen LogP contribution in [0.1, 0.15) is 5.56 Å². The van der Waals surface area contributed by atoms with Gasteiger partial charge in [-0.3, -0.25) is 15.0 Å². The Hall–Kier alpha value is -3.15. The van der Waals surface area contributed by atoms with Gasteiger partial charge in [0.25, 0.3) is 11.8 Å². The number of amides is 2. The highest BCUT2D eigenvalue weighted by Gasteiger charge is 2.33. The number of benzene rings is 3. The number of para-hydroxylation sites is 1. The Balaban J connectivity index is 1.30. The molecule has 0 spiro atoms. The molecule has 2 amide bonds. The highest BCUT2D eigenvalue weighted by Crippen LogP contribution is 2.36. The van der Waals surface area contributed by atoms with Crippen LogP contribution >= 0.6 is 58.5 Å². The summed E-state index contributed by atoms with van der Waals surface area (Å²) in [6, 6.07) is 19.4. The predicted octanol–water partition coefficient (Wildman–Crippen LogP) is 6.85. The van der Waals surface area contributed by atoms with Crippen LogP contribution in [0.15, 0.2) is 71.6 Å². The molecule has 1 aliphatic rings. The van der Waals surface area contributed by atoms with Gasteiger partial charge < -0.3 is 10.1 Å². The smallest absolute Gasteiger partial charge is 0.285 e. The Kier molecular flexibility index (Phi) is 7.63. The van der Waals surface area contributed by atoms with E-state index in [1.54, 1.807) is 48.5 Å². The molecule has 12 heteroatoms. The second-order valence-electron chi connectivity index (χ2n) is 7.64. The number of fused-ring (bicyclic) bond motifs is 1. The fourth-order valence-corrected chi connectivity index (χ4v) is 5.69. The summed E-state index contributed by atoms with van der Waals surface area (Å²) in [7, 11) is 0. The van der Waals surface area contributed by atoms with Crippen LogP contribution in [0.2, 0.25) is 10.0 Å². The minimum absolute atomic E-state index is 0.245. The monoisotopic (exact) mass is 586 g/mol. The summed E-state index contributed by atoms with van der Waals surface area (Å²) >= 11 is 20.1. The number of thioether (sulfide) groups is 1. The van der Waals surface area contributed by atoms with Crippen molar-refractivity contribution in [1.82, 2.24) is 9.99 Å². The van der Waals surface area contributed by atoms with E-state index in [1.165, 1.54) is 16.3 Å². The Morgan fingerprint density at radius 3 is 2.62 bits per heavy atom. The minimum atomic E-state index is -0.352. The van der Waals surface area contributed by atoms with Gasteiger partial charge in [-0.1, -0.05) is 58.4 Å². The fraction of sp³-hybridized carbons (Fsp3) is 0.0400. The number of anilines is 2. The number of rotatable bonds is 7. The molecule has 0 radical (unpaired) electrons. The lowest BCUT2D eigenvalue weighted by molar-refractivity contribution is -0.121. The molecule has 1 fully saturated rings. The quantitative estimate of drug-likeness (QED) is 0.181. The third kappa shape index (κ3) is 6.06. The summed E-state index contributed by atoms with van der Waals surface area (Å²) in [5.41, 5.74) is 4.97. The van der Waals surface area contributed by atoms with Crippen molar-refractivity contribution in [3.05, 3.63) is 87.2 Å². The Morgan fingerprint density at radius 1 is 1.08 bits per heavy atom. The molecule has 186 valence electrons. The van der Waals surface area contributed by atoms with E-state index in [0.717, 1.165) is 22.0 Å². The molecule has 0 saturated carbocycles. The molecular formula is C25H16Cl2N4O3S3. The molecule has 3 aromatic carbocycles. The number of hydrogen-bond donors (Lipinski definition) is 2. The zero-order chi connectivity index (χ0) is 25.9. The summed E-state index contributed by atoms with van der Waals surface area (Å²) in [6.45, 7) is -0.245. The van der Waals surface area contributed by atoms with E-state index in [4.69, 9.17) is 40.2 Å². The van der Waals surface area contributed by atoms with Crippen molar-refractivity contribution in [3.8, 4) is 5.75 Å². The van der Waals surface area contributed by atoms with E-state index in [0.29, 0.717) is 41.4 Å². The number of carbonyl (C=O) groups excluding carboxylic acids is 2. The number of halogens is 2. The predicted molar refractivity (Wildman–Crippen MR) is 155 cm³/mol. The summed E-state index contributed by atoms with van der Waals surface area (Å²) in [5.74, 6) is -0.296. The number of ether oxygens (including phenoxy) is 1. The normalized spacial score (nSPS) is 14.4. The van der Waals surface area contributed by atoms with Gasteiger partial charge in [-0.25, -0.2) is 4.98 Å². The molecule has 1 aliphatic heterocycles. The number of nitrogens with zero attached hydrogens (tertiary/aromatic N) is 2. The second-order valence-corrected chi connectivity index (χ2v) is 11.2. The molecule has 2 N–H and O–H groups in total. The van der Waals surface area contributed by atoms with Gasteiger partial charge in [-0.2, -0.15) is 5.01 Å². The van der Waals surface area contributed by atoms with Crippen LogP contribution in [0.4, 0.5) is 10.8 Å². The zero-order valence-corrected chi connectivity index (χ0v) is 22.7. The lowest BCUT2D eigenvalue weighted by Gasteiger charge is -2.14. The molecule has 5 rings (SSSR count). The summed E-state index contributed by atoms with van der Waals surface area (Å²) in [6.07, 6.45) is 1.64. The molecule has 37 heavy (non-hydrogen) atoms. The molecule has 7 nitrogen and oxygen atoms in total. The van der Waals surface area contributed by atoms with Crippen molar-refractivity contribution >= 4 is 102 Å². The first kappa shape index (κ1) is 25.5. The van der Waals surface area contributed by atoms with Crippen molar-refractivity contribution in [2.45, 2.75) is 0 Å². The average molecular weight is 588 g/mol. The van der Waals surface area contributed by atoms with E-state index < -0.39 is 0 Å². The van der Waals surface area contributed by atoms with Gasteiger partial charge in [0.1, 0.15) is 5.75 Å². The van der Waals surface area contributed by atoms with Gasteiger partial charge in [-0.15, -0.1) is 0 Å². The largest absolute Gasteiger partial charge is 0.483 e. The van der Waals surface area contributed by atoms with Gasteiger partial charge >= 0.3 is 0 Å². The molecule has 0 aliphatic carbocycles. The van der Waals surface area contributed by atoms with Crippen molar-refractivity contribution < 1.29 is 14.3 Å². The van der Waals surface area contributed by atoms with Gasteiger partial charge in [0.05, 0.1) is 15.1 Å². The van der Waals surface area contributed by atoms with Gasteiger partial charge in [-0.05, 0) is 72.9 Å². The Labute approximate surface area is 235 Å². The summed E-state index contributed by atoms with van der Waals surface area (Å²) in [4.78, 5) is 30.4. The van der Waals surface area contributed by atoms with Gasteiger partial charge in [0.2, 0.25) is 5.13 Å². The highest BCUT2D eigenvalue weighted by molar-refractivity contribution is 8.26. The Morgan fingerprint density at radius 2 is 1.84 bits per heavy atom. The van der Waals surface area contributed by atoms with Crippen LogP contribution in [0.25, 0.3) is 16.3 Å². The number of thiazole rings is 1. The van der Waals surface area contributed by atoms with E-state index in [1.807, 2.05) is 24.3 Å². The molecule has 0 atom stereocenters. The van der Waals surface area contributed by atoms with Crippen LogP contribution in [0.5, 0.6) is 5.75 Å². The van der Waals surface area contributed by atoms with Gasteiger partial charge in [0, 0.05) is 21.3 Å². The molecule has 1 aromatic heterocycles. The van der Waals surface area contributed by atoms with E-state index >= 15 is 0 Å². The first-order valence-corrected chi connectivity index (χ1v) is 13.5. The van der Waals surface area contributed by atoms with E-state index in [-0.39, 0.29) is 18.4 Å². The lowest BCUT2D eigenvalue weighted by Crippen LogP contribution is -2.33. The average Bonchev–Trinajstić information content (AvgIpc) is 3.40. The molecular weight excluding hydrogens is 571 g/mol. The van der Waals surface area contributed by atoms with Gasteiger partial charge in [0.15, 0.2) is 10.9 Å². The van der Waals surface area contributed by atoms with Crippen molar-refractivity contribution in [2.24, 2.45) is 0 Å². The third-order valence-electron chi connectivity index (χ3n) is 5.04. The molecule has 0 bridgehead atoms.